The first-order chi connectivity index (χ1) is 14.6. The Kier molecular flexibility index (Phi) is 4.83. The third-order valence-corrected chi connectivity index (χ3v) is 5.29. The number of carbonyl (C=O) groups excluding carboxylic acids is 1. The van der Waals surface area contributed by atoms with E-state index >= 15 is 0 Å². The van der Waals surface area contributed by atoms with Gasteiger partial charge in [-0.15, -0.1) is 0 Å². The molecule has 0 bridgehead atoms. The summed E-state index contributed by atoms with van der Waals surface area (Å²) in [6.07, 6.45) is -3.36. The number of rotatable bonds is 2. The zero-order valence-corrected chi connectivity index (χ0v) is 16.6. The zero-order chi connectivity index (χ0) is 22.5. The van der Waals surface area contributed by atoms with Crippen LogP contribution in [0.25, 0.3) is 0 Å². The van der Waals surface area contributed by atoms with Gasteiger partial charge in [-0.2, -0.15) is 17.9 Å². The van der Waals surface area contributed by atoms with E-state index in [-0.39, 0.29) is 29.3 Å². The van der Waals surface area contributed by atoms with Gasteiger partial charge in [0.05, 0.1) is 16.8 Å². The summed E-state index contributed by atoms with van der Waals surface area (Å²) in [5.41, 5.74) is 0.726. The Balaban J connectivity index is 1.93. The topological polar surface area (TPSA) is 50.5 Å². The maximum absolute atomic E-state index is 13.7. The van der Waals surface area contributed by atoms with Gasteiger partial charge < -0.3 is 10.1 Å². The minimum absolute atomic E-state index is 0.0610. The first-order valence-corrected chi connectivity index (χ1v) is 9.33. The molecule has 1 aliphatic rings. The zero-order valence-electron chi connectivity index (χ0n) is 16.6. The average Bonchev–Trinajstić information content (AvgIpc) is 2.70. The highest BCUT2D eigenvalue weighted by molar-refractivity contribution is 6.12. The van der Waals surface area contributed by atoms with Crippen LogP contribution in [0.3, 0.4) is 0 Å². The summed E-state index contributed by atoms with van der Waals surface area (Å²) in [6.45, 7) is 3.13. The SMILES string of the molecule is Cc1cc(F)ccc1N1CN(c2ccc[n+]([O-])c2C)C(=O)c2cc(C(F)(F)F)ccc21. The van der Waals surface area contributed by atoms with Crippen LogP contribution in [-0.4, -0.2) is 12.6 Å². The molecule has 0 aliphatic carbocycles. The van der Waals surface area contributed by atoms with Crippen molar-refractivity contribution in [2.45, 2.75) is 20.0 Å². The van der Waals surface area contributed by atoms with Gasteiger partial charge in [0.15, 0.2) is 6.20 Å². The molecule has 160 valence electrons. The molecule has 0 atom stereocenters. The van der Waals surface area contributed by atoms with E-state index in [0.29, 0.717) is 16.0 Å². The normalized spacial score (nSPS) is 14.1. The molecule has 0 radical (unpaired) electrons. The molecule has 9 heteroatoms. The highest BCUT2D eigenvalue weighted by Gasteiger charge is 2.37. The van der Waals surface area contributed by atoms with Crippen molar-refractivity contribution in [1.29, 1.82) is 0 Å². The van der Waals surface area contributed by atoms with Crippen molar-refractivity contribution in [1.82, 2.24) is 0 Å². The van der Waals surface area contributed by atoms with Crippen molar-refractivity contribution >= 4 is 23.0 Å². The van der Waals surface area contributed by atoms with Gasteiger partial charge in [-0.1, -0.05) is 0 Å². The van der Waals surface area contributed by atoms with Crippen LogP contribution in [0.1, 0.15) is 27.2 Å². The molecule has 5 nitrogen and oxygen atoms in total. The summed E-state index contributed by atoms with van der Waals surface area (Å²) >= 11 is 0. The second-order valence-electron chi connectivity index (χ2n) is 7.27. The molecule has 1 aromatic heterocycles. The predicted molar refractivity (Wildman–Crippen MR) is 107 cm³/mol. The molecule has 0 N–H and O–H groups in total. The number of aryl methyl sites for hydroxylation is 1. The summed E-state index contributed by atoms with van der Waals surface area (Å²) in [5.74, 6) is -1.11. The van der Waals surface area contributed by atoms with Crippen molar-refractivity contribution < 1.29 is 27.1 Å². The number of aromatic nitrogens is 1. The first kappa shape index (κ1) is 20.6. The first-order valence-electron chi connectivity index (χ1n) is 9.33. The number of hydrogen-bond acceptors (Lipinski definition) is 3. The molecule has 2 heterocycles. The van der Waals surface area contributed by atoms with Crippen molar-refractivity contribution in [3.05, 3.63) is 88.1 Å². The number of nitrogens with zero attached hydrogens (tertiary/aromatic N) is 3. The third-order valence-electron chi connectivity index (χ3n) is 5.29. The second-order valence-corrected chi connectivity index (χ2v) is 7.27. The molecule has 0 spiro atoms. The lowest BCUT2D eigenvalue weighted by molar-refractivity contribution is -0.611. The number of anilines is 3. The standard InChI is InChI=1S/C22H17F4N3O2/c1-13-10-16(23)6-8-18(13)27-12-28(19-4-3-9-29(31)14(19)2)21(30)17-11-15(22(24,25)26)5-7-20(17)27/h3-11H,12H2,1-2H3. The van der Waals surface area contributed by atoms with Gasteiger partial charge in [-0.25, -0.2) is 4.39 Å². The molecule has 4 rings (SSSR count). The fraction of sp³-hybridized carbons (Fsp3) is 0.182. The van der Waals surface area contributed by atoms with E-state index < -0.39 is 23.5 Å². The monoisotopic (exact) mass is 431 g/mol. The van der Waals surface area contributed by atoms with Gasteiger partial charge >= 0.3 is 6.18 Å². The minimum atomic E-state index is -4.63. The second kappa shape index (κ2) is 7.26. The Morgan fingerprint density at radius 3 is 2.35 bits per heavy atom. The maximum atomic E-state index is 13.7. The van der Waals surface area contributed by atoms with Gasteiger partial charge in [0, 0.05) is 18.7 Å². The van der Waals surface area contributed by atoms with Crippen LogP contribution in [0.15, 0.2) is 54.7 Å². The number of benzene rings is 2. The Labute approximate surface area is 175 Å². The van der Waals surface area contributed by atoms with Crippen LogP contribution < -0.4 is 14.5 Å². The Morgan fingerprint density at radius 2 is 1.68 bits per heavy atom. The van der Waals surface area contributed by atoms with Gasteiger partial charge in [-0.3, -0.25) is 9.69 Å². The van der Waals surface area contributed by atoms with E-state index in [1.807, 2.05) is 0 Å². The van der Waals surface area contributed by atoms with Crippen LogP contribution in [-0.2, 0) is 6.18 Å². The smallest absolute Gasteiger partial charge is 0.416 e. The van der Waals surface area contributed by atoms with Crippen LogP contribution in [0.2, 0.25) is 0 Å². The molecular formula is C22H17F4N3O2. The number of alkyl halides is 3. The van der Waals surface area contributed by atoms with E-state index in [0.717, 1.165) is 12.1 Å². The van der Waals surface area contributed by atoms with Crippen molar-refractivity contribution in [3.8, 4) is 0 Å². The van der Waals surface area contributed by atoms with Gasteiger partial charge in [0.25, 0.3) is 5.91 Å². The number of amides is 1. The van der Waals surface area contributed by atoms with E-state index in [4.69, 9.17) is 0 Å². The average molecular weight is 431 g/mol. The fourth-order valence-electron chi connectivity index (χ4n) is 3.70. The van der Waals surface area contributed by atoms with Crippen molar-refractivity contribution in [2.24, 2.45) is 0 Å². The predicted octanol–water partition coefficient (Wildman–Crippen LogP) is 4.85. The number of pyridine rings is 1. The maximum Gasteiger partial charge on any atom is 0.416 e. The summed E-state index contributed by atoms with van der Waals surface area (Å²) in [5, 5.41) is 12.0. The highest BCUT2D eigenvalue weighted by atomic mass is 19.4. The summed E-state index contributed by atoms with van der Waals surface area (Å²) in [4.78, 5) is 16.1. The van der Waals surface area contributed by atoms with E-state index in [1.54, 1.807) is 17.9 Å². The van der Waals surface area contributed by atoms with Crippen LogP contribution in [0, 0.1) is 24.9 Å². The number of halogens is 4. The van der Waals surface area contributed by atoms with Crippen molar-refractivity contribution in [2.75, 3.05) is 16.5 Å². The summed E-state index contributed by atoms with van der Waals surface area (Å²) in [6, 6.07) is 10.0. The molecule has 2 aromatic carbocycles. The third kappa shape index (κ3) is 3.56. The van der Waals surface area contributed by atoms with E-state index in [1.165, 1.54) is 48.4 Å². The van der Waals surface area contributed by atoms with E-state index in [9.17, 15) is 27.6 Å². The number of fused-ring (bicyclic) bond motifs is 1. The minimum Gasteiger partial charge on any atom is -0.618 e. The highest BCUT2D eigenvalue weighted by Crippen LogP contribution is 2.40. The van der Waals surface area contributed by atoms with Gasteiger partial charge in [0.1, 0.15) is 18.2 Å². The molecule has 0 fully saturated rings. The molecule has 1 aliphatic heterocycles. The number of hydrogen-bond donors (Lipinski definition) is 0. The van der Waals surface area contributed by atoms with E-state index in [2.05, 4.69) is 0 Å². The molecule has 3 aromatic rings. The Hall–Kier alpha value is -3.62. The molecule has 0 saturated carbocycles. The largest absolute Gasteiger partial charge is 0.618 e. The molecular weight excluding hydrogens is 414 g/mol. The van der Waals surface area contributed by atoms with Crippen molar-refractivity contribution in [3.63, 3.8) is 0 Å². The molecule has 0 saturated heterocycles. The lowest BCUT2D eigenvalue weighted by Gasteiger charge is -2.39. The Morgan fingerprint density at radius 1 is 0.968 bits per heavy atom. The summed E-state index contributed by atoms with van der Waals surface area (Å²) < 4.78 is 54.2. The van der Waals surface area contributed by atoms with Gasteiger partial charge in [-0.05, 0) is 55.0 Å². The molecule has 1 amide bonds. The van der Waals surface area contributed by atoms with Gasteiger partial charge in [0.2, 0.25) is 5.69 Å². The lowest BCUT2D eigenvalue weighted by atomic mass is 10.0. The quantitative estimate of drug-likeness (QED) is 0.331. The lowest BCUT2D eigenvalue weighted by Crippen LogP contribution is -2.47. The van der Waals surface area contributed by atoms with Crippen LogP contribution >= 0.6 is 0 Å². The number of carbonyl (C=O) groups is 1. The summed E-state index contributed by atoms with van der Waals surface area (Å²) in [7, 11) is 0. The fourth-order valence-corrected chi connectivity index (χ4v) is 3.70. The molecule has 31 heavy (non-hydrogen) atoms. The Bertz CT molecular complexity index is 1190. The molecule has 0 unspecified atom stereocenters. The van der Waals surface area contributed by atoms with Crippen LogP contribution in [0.4, 0.5) is 34.6 Å². The van der Waals surface area contributed by atoms with Crippen LogP contribution in [0.5, 0.6) is 0 Å².